The predicted octanol–water partition coefficient (Wildman–Crippen LogP) is 1.39. The van der Waals surface area contributed by atoms with Crippen LogP contribution in [-0.2, 0) is 4.74 Å². The largest absolute Gasteiger partial charge is 0.490 e. The number of hydrogen-bond acceptors (Lipinski definition) is 4. The molecule has 0 spiro atoms. The minimum Gasteiger partial charge on any atom is -0.490 e. The molecule has 1 aromatic carbocycles. The summed E-state index contributed by atoms with van der Waals surface area (Å²) in [6, 6.07) is 5.02. The van der Waals surface area contributed by atoms with Gasteiger partial charge in [0.1, 0.15) is 12.4 Å². The number of rotatable bonds is 6. The van der Waals surface area contributed by atoms with E-state index in [4.69, 9.17) is 15.2 Å². The molecule has 18 heavy (non-hydrogen) atoms. The number of benzene rings is 1. The first-order valence-electron chi connectivity index (χ1n) is 5.88. The highest BCUT2D eigenvalue weighted by Crippen LogP contribution is 2.22. The number of carbonyl (C=O) groups is 1. The number of nitrogen functional groups attached to an aromatic ring is 1. The van der Waals surface area contributed by atoms with E-state index in [0.29, 0.717) is 36.8 Å². The third kappa shape index (κ3) is 3.92. The van der Waals surface area contributed by atoms with Crippen LogP contribution in [0.25, 0.3) is 0 Å². The fourth-order valence-corrected chi connectivity index (χ4v) is 1.43. The molecule has 0 aliphatic carbocycles. The molecule has 1 amide bonds. The summed E-state index contributed by atoms with van der Waals surface area (Å²) in [4.78, 5) is 13.4. The Balaban J connectivity index is 2.80. The van der Waals surface area contributed by atoms with E-state index in [0.717, 1.165) is 0 Å². The molecule has 5 nitrogen and oxygen atoms in total. The maximum Gasteiger partial charge on any atom is 0.257 e. The Kier molecular flexibility index (Phi) is 5.45. The van der Waals surface area contributed by atoms with E-state index in [1.165, 1.54) is 4.90 Å². The van der Waals surface area contributed by atoms with E-state index in [1.54, 1.807) is 32.3 Å². The Morgan fingerprint density at radius 2 is 2.06 bits per heavy atom. The Labute approximate surface area is 107 Å². The number of nitrogens with two attached hydrogens (primary N) is 1. The van der Waals surface area contributed by atoms with E-state index in [9.17, 15) is 4.79 Å². The zero-order valence-electron chi connectivity index (χ0n) is 11.1. The van der Waals surface area contributed by atoms with Gasteiger partial charge >= 0.3 is 0 Å². The molecule has 0 aliphatic rings. The Bertz CT molecular complexity index is 405. The first-order valence-corrected chi connectivity index (χ1v) is 5.88. The van der Waals surface area contributed by atoms with Gasteiger partial charge in [-0.2, -0.15) is 0 Å². The molecule has 0 heterocycles. The van der Waals surface area contributed by atoms with E-state index >= 15 is 0 Å². The van der Waals surface area contributed by atoms with Gasteiger partial charge in [-0.05, 0) is 19.1 Å². The summed E-state index contributed by atoms with van der Waals surface area (Å²) in [5, 5.41) is 0. The van der Waals surface area contributed by atoms with Crippen LogP contribution >= 0.6 is 0 Å². The monoisotopic (exact) mass is 252 g/mol. The van der Waals surface area contributed by atoms with Crippen molar-refractivity contribution in [3.8, 4) is 5.75 Å². The average Bonchev–Trinajstić information content (AvgIpc) is 2.34. The molecule has 0 aliphatic heterocycles. The summed E-state index contributed by atoms with van der Waals surface area (Å²) in [6.45, 7) is 3.44. The normalized spacial score (nSPS) is 10.2. The maximum atomic E-state index is 11.9. The van der Waals surface area contributed by atoms with Crippen LogP contribution in [0.2, 0.25) is 0 Å². The van der Waals surface area contributed by atoms with Gasteiger partial charge in [-0.1, -0.05) is 0 Å². The van der Waals surface area contributed by atoms with Crippen molar-refractivity contribution in [1.29, 1.82) is 0 Å². The molecule has 0 atom stereocenters. The highest BCUT2D eigenvalue weighted by molar-refractivity contribution is 5.97. The molecule has 5 heteroatoms. The zero-order chi connectivity index (χ0) is 13.5. The van der Waals surface area contributed by atoms with Crippen LogP contribution in [0.5, 0.6) is 5.75 Å². The van der Waals surface area contributed by atoms with Crippen molar-refractivity contribution in [3.63, 3.8) is 0 Å². The Hall–Kier alpha value is -1.75. The molecule has 0 bridgehead atoms. The smallest absolute Gasteiger partial charge is 0.257 e. The second-order valence-corrected chi connectivity index (χ2v) is 4.00. The fraction of sp³-hybridized carbons (Fsp3) is 0.462. The van der Waals surface area contributed by atoms with Gasteiger partial charge in [0.25, 0.3) is 5.91 Å². The summed E-state index contributed by atoms with van der Waals surface area (Å²) >= 11 is 0. The number of carbonyl (C=O) groups excluding carboxylic acids is 1. The minimum atomic E-state index is -0.110. The molecule has 0 unspecified atom stereocenters. The van der Waals surface area contributed by atoms with E-state index in [1.807, 2.05) is 6.92 Å². The molecule has 2 N–H and O–H groups in total. The first-order chi connectivity index (χ1) is 8.56. The van der Waals surface area contributed by atoms with Crippen LogP contribution in [0.3, 0.4) is 0 Å². The molecule has 0 radical (unpaired) electrons. The number of hydrogen-bond donors (Lipinski definition) is 1. The lowest BCUT2D eigenvalue weighted by atomic mass is 10.1. The van der Waals surface area contributed by atoms with Crippen LogP contribution in [0.15, 0.2) is 18.2 Å². The van der Waals surface area contributed by atoms with Crippen molar-refractivity contribution in [1.82, 2.24) is 4.90 Å². The molecule has 0 saturated carbocycles. The van der Waals surface area contributed by atoms with Gasteiger partial charge in [-0.25, -0.2) is 0 Å². The van der Waals surface area contributed by atoms with E-state index in [2.05, 4.69) is 0 Å². The molecule has 1 rings (SSSR count). The third-order valence-corrected chi connectivity index (χ3v) is 2.33. The summed E-state index contributed by atoms with van der Waals surface area (Å²) < 4.78 is 10.7. The molecule has 100 valence electrons. The van der Waals surface area contributed by atoms with E-state index in [-0.39, 0.29) is 5.91 Å². The number of anilines is 1. The van der Waals surface area contributed by atoms with Crippen LogP contribution < -0.4 is 10.5 Å². The standard InChI is InChI=1S/C13H20N2O3/c1-4-17-7-8-18-12-9-10(14)5-6-11(12)13(16)15(2)3/h5-6,9H,4,7-8,14H2,1-3H3. The number of nitrogens with zero attached hydrogens (tertiary/aromatic N) is 1. The van der Waals surface area contributed by atoms with Crippen molar-refractivity contribution < 1.29 is 14.3 Å². The summed E-state index contributed by atoms with van der Waals surface area (Å²) in [5.41, 5.74) is 6.77. The van der Waals surface area contributed by atoms with Gasteiger partial charge in [0.15, 0.2) is 0 Å². The summed E-state index contributed by atoms with van der Waals surface area (Å²) in [7, 11) is 3.39. The molecule has 1 aromatic rings. The van der Waals surface area contributed by atoms with Crippen molar-refractivity contribution in [2.24, 2.45) is 0 Å². The van der Waals surface area contributed by atoms with Crippen LogP contribution in [0.1, 0.15) is 17.3 Å². The third-order valence-electron chi connectivity index (χ3n) is 2.33. The minimum absolute atomic E-state index is 0.110. The molecule has 0 saturated heterocycles. The van der Waals surface area contributed by atoms with Crippen molar-refractivity contribution >= 4 is 11.6 Å². The SMILES string of the molecule is CCOCCOc1cc(N)ccc1C(=O)N(C)C. The van der Waals surface area contributed by atoms with Crippen molar-refractivity contribution in [2.45, 2.75) is 6.92 Å². The molecular weight excluding hydrogens is 232 g/mol. The summed E-state index contributed by atoms with van der Waals surface area (Å²) in [6.07, 6.45) is 0. The van der Waals surface area contributed by atoms with Gasteiger partial charge in [0.2, 0.25) is 0 Å². The fourth-order valence-electron chi connectivity index (χ4n) is 1.43. The molecule has 0 aromatic heterocycles. The van der Waals surface area contributed by atoms with Crippen molar-refractivity contribution in [3.05, 3.63) is 23.8 Å². The summed E-state index contributed by atoms with van der Waals surface area (Å²) in [5.74, 6) is 0.384. The maximum absolute atomic E-state index is 11.9. The lowest BCUT2D eigenvalue weighted by molar-refractivity contribution is 0.0815. The number of amides is 1. The molecular formula is C13H20N2O3. The predicted molar refractivity (Wildman–Crippen MR) is 70.9 cm³/mol. The zero-order valence-corrected chi connectivity index (χ0v) is 11.1. The quantitative estimate of drug-likeness (QED) is 0.613. The highest BCUT2D eigenvalue weighted by atomic mass is 16.5. The Morgan fingerprint density at radius 3 is 2.67 bits per heavy atom. The lowest BCUT2D eigenvalue weighted by Gasteiger charge is -2.15. The van der Waals surface area contributed by atoms with Gasteiger partial charge in [-0.3, -0.25) is 4.79 Å². The van der Waals surface area contributed by atoms with Crippen LogP contribution in [0, 0.1) is 0 Å². The lowest BCUT2D eigenvalue weighted by Crippen LogP contribution is -2.22. The Morgan fingerprint density at radius 1 is 1.33 bits per heavy atom. The second kappa shape index (κ2) is 6.86. The highest BCUT2D eigenvalue weighted by Gasteiger charge is 2.14. The van der Waals surface area contributed by atoms with Gasteiger partial charge in [-0.15, -0.1) is 0 Å². The molecule has 0 fully saturated rings. The average molecular weight is 252 g/mol. The van der Waals surface area contributed by atoms with Gasteiger partial charge < -0.3 is 20.1 Å². The van der Waals surface area contributed by atoms with Crippen LogP contribution in [0.4, 0.5) is 5.69 Å². The van der Waals surface area contributed by atoms with Gasteiger partial charge in [0.05, 0.1) is 12.2 Å². The topological polar surface area (TPSA) is 64.8 Å². The first kappa shape index (κ1) is 14.3. The van der Waals surface area contributed by atoms with Gasteiger partial charge in [0, 0.05) is 32.5 Å². The number of ether oxygens (including phenoxy) is 2. The van der Waals surface area contributed by atoms with Crippen molar-refractivity contribution in [2.75, 3.05) is 39.6 Å². The van der Waals surface area contributed by atoms with E-state index < -0.39 is 0 Å². The van der Waals surface area contributed by atoms with Crippen LogP contribution in [-0.4, -0.2) is 44.7 Å². The second-order valence-electron chi connectivity index (χ2n) is 4.00.